The van der Waals surface area contributed by atoms with Crippen molar-refractivity contribution in [1.29, 1.82) is 0 Å². The fraction of sp³-hybridized carbons (Fsp3) is 0.368. The Labute approximate surface area is 182 Å². The zero-order valence-electron chi connectivity index (χ0n) is 17.1. The summed E-state index contributed by atoms with van der Waals surface area (Å²) in [6, 6.07) is 8.67. The van der Waals surface area contributed by atoms with Crippen molar-refractivity contribution in [2.75, 3.05) is 11.9 Å². The van der Waals surface area contributed by atoms with Crippen molar-refractivity contribution in [3.8, 4) is 0 Å². The Balaban J connectivity index is 1.57. The molecule has 5 N–H and O–H groups in total. The van der Waals surface area contributed by atoms with Crippen LogP contribution in [0.4, 0.5) is 5.82 Å². The van der Waals surface area contributed by atoms with E-state index in [0.717, 1.165) is 0 Å². The lowest BCUT2D eigenvalue weighted by molar-refractivity contribution is -0.0405. The molecule has 0 bridgehead atoms. The number of hydrogen-bond donors (Lipinski definition) is 4. The molecule has 0 spiro atoms. The van der Waals surface area contributed by atoms with Crippen LogP contribution in [0.2, 0.25) is 0 Å². The monoisotopic (exact) mass is 462 g/mol. The van der Waals surface area contributed by atoms with Crippen LogP contribution in [0.1, 0.15) is 29.9 Å². The molecule has 2 unspecified atom stereocenters. The second-order valence-corrected chi connectivity index (χ2v) is 9.52. The molecule has 1 aliphatic rings. The molecule has 13 heteroatoms. The number of imidazole rings is 1. The molecule has 170 valence electrons. The molecule has 0 aliphatic carbocycles. The number of benzene rings is 1. The van der Waals surface area contributed by atoms with E-state index in [1.54, 1.807) is 28.8 Å². The third-order valence-electron chi connectivity index (χ3n) is 5.10. The maximum Gasteiger partial charge on any atom is 0.344 e. The van der Waals surface area contributed by atoms with E-state index in [1.165, 1.54) is 19.6 Å². The number of amides is 1. The smallest absolute Gasteiger partial charge is 0.344 e. The maximum absolute atomic E-state index is 12.5. The van der Waals surface area contributed by atoms with Crippen LogP contribution in [0, 0.1) is 0 Å². The molecule has 5 atom stereocenters. The summed E-state index contributed by atoms with van der Waals surface area (Å²) in [5.41, 5.74) is 6.71. The van der Waals surface area contributed by atoms with Crippen LogP contribution in [-0.4, -0.2) is 60.0 Å². The first-order valence-electron chi connectivity index (χ1n) is 9.87. The minimum absolute atomic E-state index is 0.156. The van der Waals surface area contributed by atoms with Gasteiger partial charge in [-0.3, -0.25) is 13.9 Å². The molecule has 0 saturated carbocycles. The third-order valence-corrected chi connectivity index (χ3v) is 6.70. The summed E-state index contributed by atoms with van der Waals surface area (Å²) in [6.45, 7) is 0.952. The summed E-state index contributed by atoms with van der Waals surface area (Å²) in [5.74, 6) is -1.21. The second kappa shape index (κ2) is 9.02. The Morgan fingerprint density at radius 1 is 1.38 bits per heavy atom. The number of anilines is 1. The number of ether oxygens (including phenoxy) is 1. The zero-order chi connectivity index (χ0) is 22.9. The van der Waals surface area contributed by atoms with Crippen LogP contribution in [0.5, 0.6) is 0 Å². The molecule has 3 heterocycles. The number of carbonyl (C=O) groups is 1. The van der Waals surface area contributed by atoms with Gasteiger partial charge in [0.1, 0.15) is 30.5 Å². The van der Waals surface area contributed by atoms with Crippen LogP contribution in [0.25, 0.3) is 11.2 Å². The molecular weight excluding hydrogens is 439 g/mol. The minimum Gasteiger partial charge on any atom is -0.394 e. The normalized spacial score (nSPS) is 23.7. The second-order valence-electron chi connectivity index (χ2n) is 7.36. The number of carbonyl (C=O) groups excluding carboxylic acids is 1. The van der Waals surface area contributed by atoms with Crippen molar-refractivity contribution in [1.82, 2.24) is 19.5 Å². The number of rotatable bonds is 7. The van der Waals surface area contributed by atoms with Gasteiger partial charge in [0, 0.05) is 12.0 Å². The number of aromatic nitrogens is 4. The Morgan fingerprint density at radius 3 is 2.81 bits per heavy atom. The summed E-state index contributed by atoms with van der Waals surface area (Å²) < 4.78 is 24.9. The highest BCUT2D eigenvalue weighted by atomic mass is 31.2. The van der Waals surface area contributed by atoms with Crippen molar-refractivity contribution < 1.29 is 28.6 Å². The molecule has 1 aromatic carbocycles. The van der Waals surface area contributed by atoms with E-state index < -0.39 is 38.4 Å². The molecule has 1 amide bonds. The lowest BCUT2D eigenvalue weighted by Crippen LogP contribution is -2.29. The fourth-order valence-corrected chi connectivity index (χ4v) is 4.16. The highest BCUT2D eigenvalue weighted by Crippen LogP contribution is 2.49. The molecule has 12 nitrogen and oxygen atoms in total. The highest BCUT2D eigenvalue weighted by Gasteiger charge is 2.42. The van der Waals surface area contributed by atoms with E-state index in [2.05, 4.69) is 20.3 Å². The summed E-state index contributed by atoms with van der Waals surface area (Å²) in [5, 5.41) is 12.4. The summed E-state index contributed by atoms with van der Waals surface area (Å²) in [4.78, 5) is 35.1. The molecule has 2 aromatic heterocycles. The number of nitrogens with one attached hydrogen (secondary N) is 1. The van der Waals surface area contributed by atoms with Crippen LogP contribution in [0.3, 0.4) is 0 Å². The summed E-state index contributed by atoms with van der Waals surface area (Å²) in [6.07, 6.45) is 0.528. The van der Waals surface area contributed by atoms with Gasteiger partial charge >= 0.3 is 7.60 Å². The number of aliphatic hydroxyl groups is 1. The first-order valence-corrected chi connectivity index (χ1v) is 11.5. The topological polar surface area (TPSA) is 175 Å². The van der Waals surface area contributed by atoms with Crippen molar-refractivity contribution in [2.45, 2.75) is 37.6 Å². The van der Waals surface area contributed by atoms with Crippen molar-refractivity contribution in [3.05, 3.63) is 48.5 Å². The van der Waals surface area contributed by atoms with Gasteiger partial charge in [0.2, 0.25) is 0 Å². The Hall–Kier alpha value is -2.73. The molecular formula is C19H23N6O6P. The molecule has 4 rings (SSSR count). The largest absolute Gasteiger partial charge is 0.394 e. The number of fused-ring (bicyclic) bond motifs is 1. The predicted molar refractivity (Wildman–Crippen MR) is 114 cm³/mol. The number of nitrogens with zero attached hydrogens (tertiary/aromatic N) is 4. The molecule has 1 aliphatic heterocycles. The van der Waals surface area contributed by atoms with E-state index in [0.29, 0.717) is 16.7 Å². The molecule has 32 heavy (non-hydrogen) atoms. The fourth-order valence-electron chi connectivity index (χ4n) is 3.36. The molecule has 3 aromatic rings. The standard InChI is InChI=1S/C19H23N6O6P/c1-11(20)32(28,29)31-13-7-15(30-14(13)8-26)25-10-23-16-17(21-9-22-18(16)25)24-19(27)12-5-3-2-4-6-12/h2-6,9-11,13-15,26H,7-8,20H2,1H3,(H,28,29)(H,21,22,24,27)/t11?,13-,14+,15+/m0/s1. The highest BCUT2D eigenvalue weighted by molar-refractivity contribution is 7.53. The predicted octanol–water partition coefficient (Wildman–Crippen LogP) is 1.23. The van der Waals surface area contributed by atoms with Gasteiger partial charge in [0.05, 0.1) is 12.9 Å². The van der Waals surface area contributed by atoms with Gasteiger partial charge in [-0.15, -0.1) is 0 Å². The first-order chi connectivity index (χ1) is 15.3. The average Bonchev–Trinajstić information content (AvgIpc) is 3.38. The van der Waals surface area contributed by atoms with Gasteiger partial charge in [-0.2, -0.15) is 0 Å². The van der Waals surface area contributed by atoms with Gasteiger partial charge < -0.3 is 30.3 Å². The molecule has 1 fully saturated rings. The van der Waals surface area contributed by atoms with Gasteiger partial charge in [-0.25, -0.2) is 15.0 Å². The van der Waals surface area contributed by atoms with Gasteiger partial charge in [0.25, 0.3) is 5.91 Å². The zero-order valence-corrected chi connectivity index (χ0v) is 18.0. The van der Waals surface area contributed by atoms with Crippen LogP contribution < -0.4 is 11.1 Å². The minimum atomic E-state index is -4.08. The van der Waals surface area contributed by atoms with Crippen molar-refractivity contribution in [2.24, 2.45) is 5.73 Å². The van der Waals surface area contributed by atoms with Crippen LogP contribution in [-0.2, 0) is 13.8 Å². The third kappa shape index (κ3) is 4.42. The average molecular weight is 462 g/mol. The quantitative estimate of drug-likeness (QED) is 0.374. The lowest BCUT2D eigenvalue weighted by Gasteiger charge is -2.22. The van der Waals surface area contributed by atoms with E-state index >= 15 is 0 Å². The summed E-state index contributed by atoms with van der Waals surface area (Å²) in [7, 11) is -4.08. The van der Waals surface area contributed by atoms with E-state index in [4.69, 9.17) is 15.0 Å². The van der Waals surface area contributed by atoms with E-state index in [9.17, 15) is 19.4 Å². The van der Waals surface area contributed by atoms with Crippen molar-refractivity contribution >= 4 is 30.5 Å². The van der Waals surface area contributed by atoms with Gasteiger partial charge in [0.15, 0.2) is 17.0 Å². The van der Waals surface area contributed by atoms with Crippen LogP contribution in [0.15, 0.2) is 43.0 Å². The first kappa shape index (κ1) is 22.5. The van der Waals surface area contributed by atoms with Crippen molar-refractivity contribution in [3.63, 3.8) is 0 Å². The Morgan fingerprint density at radius 2 is 2.12 bits per heavy atom. The van der Waals surface area contributed by atoms with E-state index in [1.807, 2.05) is 6.07 Å². The molecule has 0 radical (unpaired) electrons. The Kier molecular flexibility index (Phi) is 6.33. The maximum atomic E-state index is 12.5. The lowest BCUT2D eigenvalue weighted by atomic mass is 10.2. The van der Waals surface area contributed by atoms with Gasteiger partial charge in [-0.05, 0) is 19.1 Å². The Bertz CT molecular complexity index is 1160. The van der Waals surface area contributed by atoms with Gasteiger partial charge in [-0.1, -0.05) is 18.2 Å². The molecule has 1 saturated heterocycles. The number of nitrogens with two attached hydrogens (primary N) is 1. The summed E-state index contributed by atoms with van der Waals surface area (Å²) >= 11 is 0. The number of aliphatic hydroxyl groups excluding tert-OH is 1. The number of hydrogen-bond acceptors (Lipinski definition) is 9. The SMILES string of the molecule is CC(N)P(=O)(O)O[C@H]1C[C@H](n2cnc3c(NC(=O)c4ccccc4)ncnc32)O[C@@H]1CO. The van der Waals surface area contributed by atoms with Crippen LogP contribution >= 0.6 is 7.60 Å². The van der Waals surface area contributed by atoms with E-state index in [-0.39, 0.29) is 18.1 Å².